The van der Waals surface area contributed by atoms with Crippen LogP contribution in [-0.2, 0) is 4.79 Å². The first-order chi connectivity index (χ1) is 14.1. The number of rotatable bonds is 23. The SMILES string of the molecule is CCCCCCCCCCCCCCCCCCCCCCC(C(=O)O)C(C)C. The molecule has 0 spiro atoms. The molecule has 2 heteroatoms. The van der Waals surface area contributed by atoms with Crippen LogP contribution in [0, 0.1) is 11.8 Å². The molecule has 0 aromatic carbocycles. The lowest BCUT2D eigenvalue weighted by atomic mass is 9.90. The van der Waals surface area contributed by atoms with Crippen molar-refractivity contribution in [3.63, 3.8) is 0 Å². The topological polar surface area (TPSA) is 37.3 Å². The fourth-order valence-corrected chi connectivity index (χ4v) is 4.36. The van der Waals surface area contributed by atoms with Gasteiger partial charge < -0.3 is 5.11 Å². The van der Waals surface area contributed by atoms with Gasteiger partial charge in [-0.3, -0.25) is 4.79 Å². The van der Waals surface area contributed by atoms with Crippen molar-refractivity contribution < 1.29 is 9.90 Å². The van der Waals surface area contributed by atoms with E-state index in [4.69, 9.17) is 0 Å². The first-order valence-corrected chi connectivity index (χ1v) is 13.3. The van der Waals surface area contributed by atoms with Crippen molar-refractivity contribution in [2.75, 3.05) is 0 Å². The molecule has 0 aliphatic heterocycles. The summed E-state index contributed by atoms with van der Waals surface area (Å²) in [4.78, 5) is 11.2. The van der Waals surface area contributed by atoms with E-state index in [0.29, 0.717) is 0 Å². The molecule has 0 bridgehead atoms. The predicted octanol–water partition coefficient (Wildman–Crippen LogP) is 9.56. The third kappa shape index (κ3) is 20.5. The van der Waals surface area contributed by atoms with Crippen LogP contribution in [0.25, 0.3) is 0 Å². The highest BCUT2D eigenvalue weighted by Gasteiger charge is 2.20. The molecule has 0 heterocycles. The molecule has 0 amide bonds. The average molecular weight is 411 g/mol. The quantitative estimate of drug-likeness (QED) is 0.170. The van der Waals surface area contributed by atoms with Crippen molar-refractivity contribution in [2.45, 2.75) is 156 Å². The zero-order chi connectivity index (χ0) is 21.6. The summed E-state index contributed by atoms with van der Waals surface area (Å²) in [6, 6.07) is 0. The van der Waals surface area contributed by atoms with Crippen LogP contribution in [0.3, 0.4) is 0 Å². The molecule has 0 rings (SSSR count). The molecule has 0 radical (unpaired) electrons. The monoisotopic (exact) mass is 410 g/mol. The minimum Gasteiger partial charge on any atom is -0.481 e. The number of carbonyl (C=O) groups is 1. The van der Waals surface area contributed by atoms with Crippen LogP contribution in [0.4, 0.5) is 0 Å². The molecular formula is C27H54O2. The van der Waals surface area contributed by atoms with Gasteiger partial charge in [-0.25, -0.2) is 0 Å². The normalized spacial score (nSPS) is 12.6. The largest absolute Gasteiger partial charge is 0.481 e. The van der Waals surface area contributed by atoms with Crippen molar-refractivity contribution >= 4 is 5.97 Å². The molecule has 0 aromatic rings. The van der Waals surface area contributed by atoms with Gasteiger partial charge in [0.05, 0.1) is 5.92 Å². The zero-order valence-electron chi connectivity index (χ0n) is 20.4. The van der Waals surface area contributed by atoms with Crippen LogP contribution < -0.4 is 0 Å². The number of hydrogen-bond donors (Lipinski definition) is 1. The number of carboxylic acid groups (broad SMARTS) is 1. The van der Waals surface area contributed by atoms with Gasteiger partial charge in [-0.2, -0.15) is 0 Å². The summed E-state index contributed by atoms with van der Waals surface area (Å²) in [5.41, 5.74) is 0. The minimum absolute atomic E-state index is 0.148. The highest BCUT2D eigenvalue weighted by molar-refractivity contribution is 5.70. The molecular weight excluding hydrogens is 356 g/mol. The Bertz CT molecular complexity index is 337. The molecule has 1 N–H and O–H groups in total. The average Bonchev–Trinajstić information content (AvgIpc) is 2.68. The maximum Gasteiger partial charge on any atom is 0.306 e. The van der Waals surface area contributed by atoms with E-state index >= 15 is 0 Å². The summed E-state index contributed by atoms with van der Waals surface area (Å²) in [5, 5.41) is 9.20. The number of carboxylic acids is 1. The molecule has 2 nitrogen and oxygen atoms in total. The highest BCUT2D eigenvalue weighted by atomic mass is 16.4. The number of unbranched alkanes of at least 4 members (excludes halogenated alkanes) is 19. The third-order valence-electron chi connectivity index (χ3n) is 6.49. The van der Waals surface area contributed by atoms with E-state index in [-0.39, 0.29) is 11.8 Å². The van der Waals surface area contributed by atoms with Gasteiger partial charge in [0, 0.05) is 0 Å². The van der Waals surface area contributed by atoms with Crippen LogP contribution in [-0.4, -0.2) is 11.1 Å². The van der Waals surface area contributed by atoms with Gasteiger partial charge in [-0.05, 0) is 12.3 Å². The van der Waals surface area contributed by atoms with Crippen molar-refractivity contribution in [2.24, 2.45) is 11.8 Å². The van der Waals surface area contributed by atoms with Gasteiger partial charge >= 0.3 is 5.97 Å². The summed E-state index contributed by atoms with van der Waals surface area (Å²) >= 11 is 0. The van der Waals surface area contributed by atoms with E-state index in [1.165, 1.54) is 122 Å². The molecule has 1 atom stereocenters. The second-order valence-electron chi connectivity index (χ2n) is 9.69. The molecule has 0 aliphatic rings. The molecule has 0 fully saturated rings. The van der Waals surface area contributed by atoms with Gasteiger partial charge in [0.1, 0.15) is 0 Å². The predicted molar refractivity (Wildman–Crippen MR) is 129 cm³/mol. The van der Waals surface area contributed by atoms with Gasteiger partial charge in [0.25, 0.3) is 0 Å². The summed E-state index contributed by atoms with van der Waals surface area (Å²) < 4.78 is 0. The summed E-state index contributed by atoms with van der Waals surface area (Å²) in [6.45, 7) is 6.34. The number of aliphatic carboxylic acids is 1. The van der Waals surface area contributed by atoms with Crippen molar-refractivity contribution in [1.29, 1.82) is 0 Å². The van der Waals surface area contributed by atoms with E-state index in [2.05, 4.69) is 6.92 Å². The van der Waals surface area contributed by atoms with E-state index in [1.54, 1.807) is 0 Å². The second-order valence-corrected chi connectivity index (χ2v) is 9.69. The Morgan fingerprint density at radius 2 is 0.828 bits per heavy atom. The molecule has 29 heavy (non-hydrogen) atoms. The maximum absolute atomic E-state index is 11.2. The minimum atomic E-state index is -0.613. The second kappa shape index (κ2) is 22.2. The van der Waals surface area contributed by atoms with Crippen molar-refractivity contribution in [3.8, 4) is 0 Å². The summed E-state index contributed by atoms with van der Waals surface area (Å²) in [7, 11) is 0. The van der Waals surface area contributed by atoms with Gasteiger partial charge in [0.2, 0.25) is 0 Å². The van der Waals surface area contributed by atoms with Crippen LogP contribution >= 0.6 is 0 Å². The number of hydrogen-bond acceptors (Lipinski definition) is 1. The summed E-state index contributed by atoms with van der Waals surface area (Å²) in [6.07, 6.45) is 28.6. The molecule has 174 valence electrons. The van der Waals surface area contributed by atoms with E-state index in [9.17, 15) is 9.90 Å². The lowest BCUT2D eigenvalue weighted by Gasteiger charge is -2.15. The lowest BCUT2D eigenvalue weighted by molar-refractivity contribution is -0.143. The fraction of sp³-hybridized carbons (Fsp3) is 0.963. The third-order valence-corrected chi connectivity index (χ3v) is 6.49. The Labute approximate surface area is 183 Å². The zero-order valence-corrected chi connectivity index (χ0v) is 20.4. The first-order valence-electron chi connectivity index (χ1n) is 13.3. The Morgan fingerprint density at radius 1 is 0.552 bits per heavy atom. The molecule has 1 unspecified atom stereocenters. The Hall–Kier alpha value is -0.530. The van der Waals surface area contributed by atoms with Gasteiger partial charge in [-0.15, -0.1) is 0 Å². The fourth-order valence-electron chi connectivity index (χ4n) is 4.36. The molecule has 0 aromatic heterocycles. The summed E-state index contributed by atoms with van der Waals surface area (Å²) in [5.74, 6) is -0.504. The Balaban J connectivity index is 3.16. The maximum atomic E-state index is 11.2. The van der Waals surface area contributed by atoms with Crippen LogP contribution in [0.2, 0.25) is 0 Å². The smallest absolute Gasteiger partial charge is 0.306 e. The lowest BCUT2D eigenvalue weighted by Crippen LogP contribution is -2.19. The molecule has 0 saturated heterocycles. The standard InChI is InChI=1S/C27H54O2/c1-4-5-6-7-8-9-10-11-12-13-14-15-16-17-18-19-20-21-22-23-24-26(25(2)3)27(28)29/h25-26H,4-24H2,1-3H3,(H,28,29). The van der Waals surface area contributed by atoms with E-state index < -0.39 is 5.97 Å². The first kappa shape index (κ1) is 28.5. The molecule has 0 saturated carbocycles. The molecule has 0 aliphatic carbocycles. The van der Waals surface area contributed by atoms with Crippen molar-refractivity contribution in [1.82, 2.24) is 0 Å². The van der Waals surface area contributed by atoms with E-state index in [1.807, 2.05) is 13.8 Å². The Kier molecular flexibility index (Phi) is 21.8. The van der Waals surface area contributed by atoms with E-state index in [0.717, 1.165) is 12.8 Å². The Morgan fingerprint density at radius 3 is 1.07 bits per heavy atom. The van der Waals surface area contributed by atoms with Crippen LogP contribution in [0.5, 0.6) is 0 Å². The van der Waals surface area contributed by atoms with Gasteiger partial charge in [-0.1, -0.05) is 149 Å². The van der Waals surface area contributed by atoms with Crippen molar-refractivity contribution in [3.05, 3.63) is 0 Å². The van der Waals surface area contributed by atoms with Crippen LogP contribution in [0.15, 0.2) is 0 Å². The van der Waals surface area contributed by atoms with Gasteiger partial charge in [0.15, 0.2) is 0 Å². The van der Waals surface area contributed by atoms with Crippen LogP contribution in [0.1, 0.15) is 156 Å². The highest BCUT2D eigenvalue weighted by Crippen LogP contribution is 2.20.